The van der Waals surface area contributed by atoms with Crippen molar-refractivity contribution in [3.63, 3.8) is 0 Å². The molecule has 1 aromatic carbocycles. The molecule has 0 spiro atoms. The van der Waals surface area contributed by atoms with Crippen LogP contribution in [0.2, 0.25) is 0 Å². The van der Waals surface area contributed by atoms with Crippen molar-refractivity contribution in [2.24, 2.45) is 0 Å². The van der Waals surface area contributed by atoms with Crippen molar-refractivity contribution in [2.45, 2.75) is 26.5 Å². The van der Waals surface area contributed by atoms with Crippen LogP contribution in [0.1, 0.15) is 36.9 Å². The van der Waals surface area contributed by atoms with E-state index in [-0.39, 0.29) is 11.7 Å². The van der Waals surface area contributed by atoms with Gasteiger partial charge in [0.05, 0.1) is 5.56 Å². The zero-order chi connectivity index (χ0) is 14.5. The Bertz CT molecular complexity index is 630. The maximum Gasteiger partial charge on any atom is 0.140 e. The highest BCUT2D eigenvalue weighted by molar-refractivity contribution is 5.34. The summed E-state index contributed by atoms with van der Waals surface area (Å²) in [5.41, 5.74) is 0.910. The number of hydrogen-bond donors (Lipinski definition) is 0. The van der Waals surface area contributed by atoms with E-state index < -0.39 is 5.82 Å². The Balaban J connectivity index is 2.23. The lowest BCUT2D eigenvalue weighted by atomic mass is 10.1. The number of nitrogens with zero attached hydrogens (tertiary/aromatic N) is 3. The molecule has 0 aliphatic rings. The van der Waals surface area contributed by atoms with Gasteiger partial charge in [0, 0.05) is 25.5 Å². The van der Waals surface area contributed by atoms with Gasteiger partial charge in [-0.3, -0.25) is 0 Å². The van der Waals surface area contributed by atoms with Gasteiger partial charge in [0.25, 0.3) is 0 Å². The van der Waals surface area contributed by atoms with E-state index in [1.165, 1.54) is 6.07 Å². The summed E-state index contributed by atoms with van der Waals surface area (Å²) >= 11 is 0. The summed E-state index contributed by atoms with van der Waals surface area (Å²) in [5, 5.41) is 8.85. The Morgan fingerprint density at radius 1 is 1.50 bits per heavy atom. The highest BCUT2D eigenvalue weighted by Crippen LogP contribution is 2.17. The molecule has 0 amide bonds. The molecule has 1 aromatic heterocycles. The molecular formula is C15H16FN3O. The Morgan fingerprint density at radius 2 is 2.30 bits per heavy atom. The van der Waals surface area contributed by atoms with Crippen molar-refractivity contribution in [1.29, 1.82) is 5.26 Å². The average Bonchev–Trinajstić information content (AvgIpc) is 2.89. The van der Waals surface area contributed by atoms with Gasteiger partial charge in [-0.2, -0.15) is 5.26 Å². The lowest BCUT2D eigenvalue weighted by Gasteiger charge is -2.14. The molecular weight excluding hydrogens is 257 g/mol. The van der Waals surface area contributed by atoms with Gasteiger partial charge < -0.3 is 9.30 Å². The molecule has 0 radical (unpaired) electrons. The lowest BCUT2D eigenvalue weighted by molar-refractivity contribution is 0.0677. The van der Waals surface area contributed by atoms with Crippen LogP contribution in [0.5, 0.6) is 0 Å². The topological polar surface area (TPSA) is 50.8 Å². The molecule has 104 valence electrons. The molecule has 0 unspecified atom stereocenters. The molecule has 0 saturated carbocycles. The molecule has 5 heteroatoms. The SMILES string of the molecule is CCO[C@H](C)c1nccn1Cc1ccc(F)c(C#N)c1. The first-order valence-electron chi connectivity index (χ1n) is 6.46. The quantitative estimate of drug-likeness (QED) is 0.841. The van der Waals surface area contributed by atoms with Gasteiger partial charge >= 0.3 is 0 Å². The molecule has 1 heterocycles. The van der Waals surface area contributed by atoms with Gasteiger partial charge in [0.2, 0.25) is 0 Å². The Kier molecular flexibility index (Phi) is 4.49. The van der Waals surface area contributed by atoms with E-state index >= 15 is 0 Å². The zero-order valence-corrected chi connectivity index (χ0v) is 11.5. The first-order valence-corrected chi connectivity index (χ1v) is 6.46. The molecule has 1 atom stereocenters. The van der Waals surface area contributed by atoms with Crippen molar-refractivity contribution in [3.8, 4) is 6.07 Å². The monoisotopic (exact) mass is 273 g/mol. The Hall–Kier alpha value is -2.19. The predicted octanol–water partition coefficient (Wildman–Crippen LogP) is 3.04. The van der Waals surface area contributed by atoms with Crippen LogP contribution < -0.4 is 0 Å². The second kappa shape index (κ2) is 6.31. The maximum atomic E-state index is 13.3. The Morgan fingerprint density at radius 3 is 3.00 bits per heavy atom. The molecule has 0 aliphatic heterocycles. The summed E-state index contributed by atoms with van der Waals surface area (Å²) in [6.07, 6.45) is 3.45. The highest BCUT2D eigenvalue weighted by atomic mass is 19.1. The van der Waals surface area contributed by atoms with Crippen molar-refractivity contribution in [3.05, 3.63) is 53.4 Å². The molecule has 2 aromatic rings. The minimum Gasteiger partial charge on any atom is -0.371 e. The fourth-order valence-electron chi connectivity index (χ4n) is 2.09. The van der Waals surface area contributed by atoms with Gasteiger partial charge in [0.15, 0.2) is 0 Å². The minimum absolute atomic E-state index is 0.0574. The summed E-state index contributed by atoms with van der Waals surface area (Å²) in [6.45, 7) is 5.02. The lowest BCUT2D eigenvalue weighted by Crippen LogP contribution is -2.10. The predicted molar refractivity (Wildman–Crippen MR) is 72.5 cm³/mol. The van der Waals surface area contributed by atoms with Crippen LogP contribution in [-0.4, -0.2) is 16.2 Å². The van der Waals surface area contributed by atoms with Gasteiger partial charge in [0.1, 0.15) is 23.8 Å². The molecule has 4 nitrogen and oxygen atoms in total. The van der Waals surface area contributed by atoms with Crippen molar-refractivity contribution >= 4 is 0 Å². The molecule has 0 fully saturated rings. The second-order valence-corrected chi connectivity index (χ2v) is 4.44. The van der Waals surface area contributed by atoms with E-state index in [1.807, 2.05) is 30.7 Å². The number of aromatic nitrogens is 2. The van der Waals surface area contributed by atoms with Crippen LogP contribution >= 0.6 is 0 Å². The number of rotatable bonds is 5. The van der Waals surface area contributed by atoms with E-state index in [1.54, 1.807) is 18.3 Å². The fraction of sp³-hybridized carbons (Fsp3) is 0.333. The molecule has 0 N–H and O–H groups in total. The maximum absolute atomic E-state index is 13.3. The van der Waals surface area contributed by atoms with Gasteiger partial charge in [-0.05, 0) is 31.5 Å². The summed E-state index contributed by atoms with van der Waals surface area (Å²) in [7, 11) is 0. The smallest absolute Gasteiger partial charge is 0.140 e. The molecule has 0 aliphatic carbocycles. The third-order valence-electron chi connectivity index (χ3n) is 3.03. The Labute approximate surface area is 117 Å². The third-order valence-corrected chi connectivity index (χ3v) is 3.03. The average molecular weight is 273 g/mol. The highest BCUT2D eigenvalue weighted by Gasteiger charge is 2.12. The van der Waals surface area contributed by atoms with E-state index in [9.17, 15) is 4.39 Å². The van der Waals surface area contributed by atoms with Crippen LogP contribution in [0, 0.1) is 17.1 Å². The van der Waals surface area contributed by atoms with Gasteiger partial charge in [-0.25, -0.2) is 9.37 Å². The standard InChI is InChI=1S/C15H16FN3O/c1-3-20-11(2)15-18-6-7-19(15)10-12-4-5-14(16)13(8-12)9-17/h4-8,11H,3,10H2,1-2H3/t11-/m1/s1. The summed E-state index contributed by atoms with van der Waals surface area (Å²) in [6, 6.07) is 6.40. The number of ether oxygens (including phenoxy) is 1. The number of benzene rings is 1. The normalized spacial score (nSPS) is 12.1. The third kappa shape index (κ3) is 3.03. The van der Waals surface area contributed by atoms with Crippen LogP contribution in [-0.2, 0) is 11.3 Å². The molecule has 2 rings (SSSR count). The van der Waals surface area contributed by atoms with E-state index in [0.717, 1.165) is 11.4 Å². The van der Waals surface area contributed by atoms with E-state index in [0.29, 0.717) is 13.2 Å². The van der Waals surface area contributed by atoms with E-state index in [4.69, 9.17) is 10.00 Å². The number of nitriles is 1. The molecule has 0 saturated heterocycles. The first kappa shape index (κ1) is 14.2. The fourth-order valence-corrected chi connectivity index (χ4v) is 2.09. The first-order chi connectivity index (χ1) is 9.65. The van der Waals surface area contributed by atoms with E-state index in [2.05, 4.69) is 4.98 Å². The van der Waals surface area contributed by atoms with Crippen molar-refractivity contribution < 1.29 is 9.13 Å². The van der Waals surface area contributed by atoms with Gasteiger partial charge in [-0.1, -0.05) is 6.07 Å². The molecule has 0 bridgehead atoms. The summed E-state index contributed by atoms with van der Waals surface area (Å²) < 4.78 is 20.8. The van der Waals surface area contributed by atoms with Crippen LogP contribution in [0.4, 0.5) is 4.39 Å². The van der Waals surface area contributed by atoms with Crippen LogP contribution in [0.15, 0.2) is 30.6 Å². The summed E-state index contributed by atoms with van der Waals surface area (Å²) in [5.74, 6) is 0.319. The zero-order valence-electron chi connectivity index (χ0n) is 11.5. The van der Waals surface area contributed by atoms with Crippen LogP contribution in [0.25, 0.3) is 0 Å². The number of imidazole rings is 1. The minimum atomic E-state index is -0.496. The van der Waals surface area contributed by atoms with Crippen molar-refractivity contribution in [2.75, 3.05) is 6.61 Å². The number of halogens is 1. The van der Waals surface area contributed by atoms with Gasteiger partial charge in [-0.15, -0.1) is 0 Å². The molecule has 20 heavy (non-hydrogen) atoms. The number of hydrogen-bond acceptors (Lipinski definition) is 3. The second-order valence-electron chi connectivity index (χ2n) is 4.44. The largest absolute Gasteiger partial charge is 0.371 e. The van der Waals surface area contributed by atoms with Crippen LogP contribution in [0.3, 0.4) is 0 Å². The van der Waals surface area contributed by atoms with Crippen molar-refractivity contribution in [1.82, 2.24) is 9.55 Å². The summed E-state index contributed by atoms with van der Waals surface area (Å²) in [4.78, 5) is 4.29.